The average molecular weight is 254 g/mol. The fourth-order valence-electron chi connectivity index (χ4n) is 2.84. The van der Waals surface area contributed by atoms with E-state index in [2.05, 4.69) is 63.2 Å². The van der Waals surface area contributed by atoms with E-state index in [-0.39, 0.29) is 0 Å². The van der Waals surface area contributed by atoms with Gasteiger partial charge in [-0.2, -0.15) is 0 Å². The van der Waals surface area contributed by atoms with Gasteiger partial charge in [0.25, 0.3) is 0 Å². The molecule has 1 aliphatic rings. The Morgan fingerprint density at radius 1 is 1.00 bits per heavy atom. The maximum absolute atomic E-state index is 2.33. The molecular formula is C17H18S. The van der Waals surface area contributed by atoms with Crippen molar-refractivity contribution in [3.05, 3.63) is 52.9 Å². The number of hydrogen-bond donors (Lipinski definition) is 0. The topological polar surface area (TPSA) is 0 Å². The second-order valence-electron chi connectivity index (χ2n) is 5.60. The van der Waals surface area contributed by atoms with Crippen molar-refractivity contribution in [2.75, 3.05) is 0 Å². The lowest BCUT2D eigenvalue weighted by molar-refractivity contribution is 0.749. The van der Waals surface area contributed by atoms with Crippen LogP contribution in [-0.2, 0) is 0 Å². The van der Waals surface area contributed by atoms with Crippen molar-refractivity contribution in [2.24, 2.45) is 0 Å². The molecule has 0 unspecified atom stereocenters. The summed E-state index contributed by atoms with van der Waals surface area (Å²) in [6.45, 7) is 6.93. The Morgan fingerprint density at radius 2 is 1.72 bits per heavy atom. The molecule has 0 fully saturated rings. The number of hydrogen-bond acceptors (Lipinski definition) is 1. The average Bonchev–Trinajstić information content (AvgIpc) is 2.62. The van der Waals surface area contributed by atoms with E-state index in [1.54, 1.807) is 0 Å². The van der Waals surface area contributed by atoms with Crippen molar-refractivity contribution >= 4 is 28.1 Å². The fourth-order valence-corrected chi connectivity index (χ4v) is 4.19. The summed E-state index contributed by atoms with van der Waals surface area (Å²) in [6.07, 6.45) is 1.16. The van der Waals surface area contributed by atoms with Gasteiger partial charge in [0.2, 0.25) is 0 Å². The molecule has 0 radical (unpaired) electrons. The summed E-state index contributed by atoms with van der Waals surface area (Å²) < 4.78 is 0.344. The van der Waals surface area contributed by atoms with Crippen molar-refractivity contribution in [1.29, 1.82) is 0 Å². The van der Waals surface area contributed by atoms with Crippen LogP contribution in [0.1, 0.15) is 32.8 Å². The van der Waals surface area contributed by atoms with E-state index in [1.165, 1.54) is 26.8 Å². The molecule has 3 rings (SSSR count). The predicted octanol–water partition coefficient (Wildman–Crippen LogP) is 5.49. The van der Waals surface area contributed by atoms with Crippen LogP contribution in [0.3, 0.4) is 0 Å². The van der Waals surface area contributed by atoms with E-state index in [0.717, 1.165) is 6.42 Å². The van der Waals surface area contributed by atoms with Gasteiger partial charge in [-0.15, -0.1) is 11.8 Å². The Hall–Kier alpha value is -1.21. The predicted molar refractivity (Wildman–Crippen MR) is 82.8 cm³/mol. The molecular weight excluding hydrogens is 236 g/mol. The number of thioether (sulfide) groups is 1. The molecule has 1 aliphatic heterocycles. The fraction of sp³-hybridized carbons (Fsp3) is 0.294. The van der Waals surface area contributed by atoms with Gasteiger partial charge in [-0.3, -0.25) is 0 Å². The van der Waals surface area contributed by atoms with Gasteiger partial charge in [0.15, 0.2) is 0 Å². The lowest BCUT2D eigenvalue weighted by Crippen LogP contribution is -2.09. The van der Waals surface area contributed by atoms with Gasteiger partial charge in [-0.05, 0) is 40.2 Å². The molecule has 0 bridgehead atoms. The number of benzene rings is 2. The van der Waals surface area contributed by atoms with E-state index in [0.29, 0.717) is 4.75 Å². The third-order valence-corrected chi connectivity index (χ3v) is 4.82. The molecule has 0 spiro atoms. The van der Waals surface area contributed by atoms with Crippen LogP contribution >= 0.6 is 11.8 Å². The molecule has 0 amide bonds. The van der Waals surface area contributed by atoms with E-state index in [4.69, 9.17) is 0 Å². The molecule has 92 valence electrons. The number of rotatable bonds is 1. The third-order valence-electron chi connectivity index (χ3n) is 3.57. The third kappa shape index (κ3) is 1.97. The zero-order chi connectivity index (χ0) is 12.8. The highest BCUT2D eigenvalue weighted by Crippen LogP contribution is 2.50. The van der Waals surface area contributed by atoms with Gasteiger partial charge in [0.1, 0.15) is 0 Å². The molecule has 0 aromatic heterocycles. The maximum Gasteiger partial charge on any atom is 0.0188 e. The summed E-state index contributed by atoms with van der Waals surface area (Å²) in [5.41, 5.74) is 2.95. The minimum absolute atomic E-state index is 0.344. The molecule has 1 heteroatoms. The first-order valence-corrected chi connectivity index (χ1v) is 7.25. The zero-order valence-corrected chi connectivity index (χ0v) is 12.0. The minimum atomic E-state index is 0.344. The normalized spacial score (nSPS) is 18.6. The second kappa shape index (κ2) is 4.17. The lowest BCUT2D eigenvalue weighted by Gasteiger charge is -2.16. The Kier molecular flexibility index (Phi) is 2.74. The van der Waals surface area contributed by atoms with Crippen molar-refractivity contribution in [1.82, 2.24) is 0 Å². The molecule has 0 N–H and O–H groups in total. The second-order valence-corrected chi connectivity index (χ2v) is 7.52. The summed E-state index contributed by atoms with van der Waals surface area (Å²) in [6, 6.07) is 15.3. The van der Waals surface area contributed by atoms with Crippen LogP contribution in [0.4, 0.5) is 0 Å². The highest BCUT2D eigenvalue weighted by Gasteiger charge is 2.30. The lowest BCUT2D eigenvalue weighted by atomic mass is 9.92. The van der Waals surface area contributed by atoms with Crippen LogP contribution in [0.15, 0.2) is 47.4 Å². The SMILES string of the molecule is CC1=C(c2cccc3ccccc23)CC(C)(C)S1. The quantitative estimate of drug-likeness (QED) is 0.648. The molecule has 0 saturated heterocycles. The molecule has 2 aromatic rings. The zero-order valence-electron chi connectivity index (χ0n) is 11.2. The van der Waals surface area contributed by atoms with Crippen molar-refractivity contribution in [3.8, 4) is 0 Å². The molecule has 0 aliphatic carbocycles. The Morgan fingerprint density at radius 3 is 2.44 bits per heavy atom. The largest absolute Gasteiger partial charge is 0.124 e. The van der Waals surface area contributed by atoms with Crippen molar-refractivity contribution < 1.29 is 0 Å². The van der Waals surface area contributed by atoms with Crippen molar-refractivity contribution in [3.63, 3.8) is 0 Å². The summed E-state index contributed by atoms with van der Waals surface area (Å²) in [7, 11) is 0. The Labute approximate surface area is 113 Å². The van der Waals surface area contributed by atoms with Gasteiger partial charge in [0.05, 0.1) is 0 Å². The summed E-state index contributed by atoms with van der Waals surface area (Å²) in [5, 5.41) is 2.72. The van der Waals surface area contributed by atoms with Crippen LogP contribution in [0.2, 0.25) is 0 Å². The number of allylic oxidation sites excluding steroid dienone is 2. The smallest absolute Gasteiger partial charge is 0.0188 e. The van der Waals surface area contributed by atoms with E-state index >= 15 is 0 Å². The van der Waals surface area contributed by atoms with Gasteiger partial charge >= 0.3 is 0 Å². The van der Waals surface area contributed by atoms with Crippen LogP contribution in [0.5, 0.6) is 0 Å². The summed E-state index contributed by atoms with van der Waals surface area (Å²) in [5.74, 6) is 0. The first-order chi connectivity index (χ1) is 8.57. The Bertz CT molecular complexity index is 630. The standard InChI is InChI=1S/C17H18S/c1-12-16(11-17(2,3)18-12)15-10-6-8-13-7-4-5-9-14(13)15/h4-10H,11H2,1-3H3. The van der Waals surface area contributed by atoms with Gasteiger partial charge in [-0.25, -0.2) is 0 Å². The molecule has 0 nitrogen and oxygen atoms in total. The molecule has 2 aromatic carbocycles. The summed E-state index contributed by atoms with van der Waals surface area (Å²) >= 11 is 2.01. The molecule has 1 heterocycles. The van der Waals surface area contributed by atoms with Crippen LogP contribution < -0.4 is 0 Å². The van der Waals surface area contributed by atoms with Crippen molar-refractivity contribution in [2.45, 2.75) is 31.9 Å². The maximum atomic E-state index is 2.33. The first-order valence-electron chi connectivity index (χ1n) is 6.44. The highest BCUT2D eigenvalue weighted by atomic mass is 32.2. The minimum Gasteiger partial charge on any atom is -0.124 e. The first kappa shape index (κ1) is 11.9. The number of fused-ring (bicyclic) bond motifs is 1. The van der Waals surface area contributed by atoms with E-state index < -0.39 is 0 Å². The summed E-state index contributed by atoms with van der Waals surface area (Å²) in [4.78, 5) is 1.48. The van der Waals surface area contributed by atoms with Gasteiger partial charge in [-0.1, -0.05) is 56.3 Å². The van der Waals surface area contributed by atoms with Gasteiger partial charge < -0.3 is 0 Å². The van der Waals surface area contributed by atoms with Gasteiger partial charge in [0, 0.05) is 4.75 Å². The van der Waals surface area contributed by atoms with Crippen LogP contribution in [-0.4, -0.2) is 4.75 Å². The van der Waals surface area contributed by atoms with Crippen LogP contribution in [0.25, 0.3) is 16.3 Å². The van der Waals surface area contributed by atoms with Crippen LogP contribution in [0, 0.1) is 0 Å². The highest BCUT2D eigenvalue weighted by molar-refractivity contribution is 8.04. The molecule has 0 saturated carbocycles. The molecule has 0 atom stereocenters. The Balaban J connectivity index is 2.19. The van der Waals surface area contributed by atoms with E-state index in [1.807, 2.05) is 11.8 Å². The molecule has 18 heavy (non-hydrogen) atoms. The van der Waals surface area contributed by atoms with E-state index in [9.17, 15) is 0 Å². The monoisotopic (exact) mass is 254 g/mol.